The van der Waals surface area contributed by atoms with Crippen LogP contribution in [0.15, 0.2) is 5.38 Å². The number of aliphatic carboxylic acids is 1. The maximum Gasteiger partial charge on any atom is 0.308 e. The molecule has 0 saturated carbocycles. The minimum absolute atomic E-state index is 0.222. The van der Waals surface area contributed by atoms with Gasteiger partial charge < -0.3 is 10.0 Å². The van der Waals surface area contributed by atoms with Crippen LogP contribution < -0.4 is 0 Å². The van der Waals surface area contributed by atoms with Gasteiger partial charge in [0, 0.05) is 18.5 Å². The van der Waals surface area contributed by atoms with Gasteiger partial charge in [0.15, 0.2) is 5.69 Å². The molecule has 1 aromatic rings. The lowest BCUT2D eigenvalue weighted by molar-refractivity contribution is -0.143. The number of likely N-dealkylation sites (tertiary alicyclic amines) is 1. The van der Waals surface area contributed by atoms with Crippen LogP contribution in [0.2, 0.25) is 0 Å². The van der Waals surface area contributed by atoms with Crippen molar-refractivity contribution in [2.24, 2.45) is 5.92 Å². The van der Waals surface area contributed by atoms with Crippen molar-refractivity contribution in [3.05, 3.63) is 11.1 Å². The minimum atomic E-state index is -0.839. The molecule has 0 aromatic carbocycles. The molecule has 2 heterocycles. The Bertz CT molecular complexity index is 393. The van der Waals surface area contributed by atoms with Crippen molar-refractivity contribution in [1.29, 1.82) is 0 Å². The van der Waals surface area contributed by atoms with Crippen molar-refractivity contribution in [3.8, 4) is 0 Å². The molecule has 1 saturated heterocycles. The second kappa shape index (κ2) is 4.56. The number of hydrogen-bond acceptors (Lipinski definition) is 5. The van der Waals surface area contributed by atoms with Crippen LogP contribution in [0.25, 0.3) is 0 Å². The van der Waals surface area contributed by atoms with Crippen LogP contribution in [0.4, 0.5) is 0 Å². The highest BCUT2D eigenvalue weighted by atomic mass is 32.1. The molecule has 1 fully saturated rings. The summed E-state index contributed by atoms with van der Waals surface area (Å²) < 4.78 is 3.62. The van der Waals surface area contributed by atoms with Crippen LogP contribution in [0.3, 0.4) is 0 Å². The van der Waals surface area contributed by atoms with E-state index in [1.54, 1.807) is 10.3 Å². The van der Waals surface area contributed by atoms with Crippen molar-refractivity contribution in [2.45, 2.75) is 12.8 Å². The van der Waals surface area contributed by atoms with Crippen LogP contribution in [-0.2, 0) is 4.79 Å². The summed E-state index contributed by atoms with van der Waals surface area (Å²) in [6, 6.07) is 0. The van der Waals surface area contributed by atoms with Gasteiger partial charge in [-0.05, 0) is 24.4 Å². The molecule has 1 aromatic heterocycles. The summed E-state index contributed by atoms with van der Waals surface area (Å²) in [5.74, 6) is -1.52. The van der Waals surface area contributed by atoms with Crippen LogP contribution in [0.1, 0.15) is 23.3 Å². The zero-order valence-corrected chi connectivity index (χ0v) is 9.31. The monoisotopic (exact) mass is 241 g/mol. The average Bonchev–Trinajstić information content (AvgIpc) is 2.81. The summed E-state index contributed by atoms with van der Waals surface area (Å²) in [5.41, 5.74) is 0.302. The van der Waals surface area contributed by atoms with E-state index in [4.69, 9.17) is 5.11 Å². The topological polar surface area (TPSA) is 83.4 Å². The molecule has 1 amide bonds. The normalized spacial score (nSPS) is 20.8. The van der Waals surface area contributed by atoms with Crippen molar-refractivity contribution in [2.75, 3.05) is 13.1 Å². The standard InChI is InChI=1S/C9H11N3O3S/c13-8(7-5-16-11-10-7)12-3-1-2-6(4-12)9(14)15/h5-6H,1-4H2,(H,14,15). The van der Waals surface area contributed by atoms with E-state index in [0.29, 0.717) is 18.7 Å². The van der Waals surface area contributed by atoms with Crippen LogP contribution in [-0.4, -0.2) is 44.6 Å². The van der Waals surface area contributed by atoms with Gasteiger partial charge in [-0.3, -0.25) is 9.59 Å². The van der Waals surface area contributed by atoms with E-state index in [9.17, 15) is 9.59 Å². The van der Waals surface area contributed by atoms with E-state index in [1.165, 1.54) is 0 Å². The summed E-state index contributed by atoms with van der Waals surface area (Å²) in [6.07, 6.45) is 1.36. The number of hydrogen-bond donors (Lipinski definition) is 1. The van der Waals surface area contributed by atoms with Crippen LogP contribution in [0, 0.1) is 5.92 Å². The van der Waals surface area contributed by atoms with Gasteiger partial charge in [0.05, 0.1) is 5.92 Å². The van der Waals surface area contributed by atoms with Crippen molar-refractivity contribution >= 4 is 23.4 Å². The predicted octanol–water partition coefficient (Wildman–Crippen LogP) is 0.475. The Kier molecular flexibility index (Phi) is 3.14. The molecule has 1 unspecified atom stereocenters. The first-order valence-corrected chi connectivity index (χ1v) is 5.81. The second-order valence-electron chi connectivity index (χ2n) is 3.72. The Morgan fingerprint density at radius 1 is 1.56 bits per heavy atom. The van der Waals surface area contributed by atoms with Crippen molar-refractivity contribution in [3.63, 3.8) is 0 Å². The number of carboxylic acids is 1. The van der Waals surface area contributed by atoms with E-state index in [1.807, 2.05) is 0 Å². The molecule has 86 valence electrons. The third-order valence-corrected chi connectivity index (χ3v) is 3.14. The number of carbonyl (C=O) groups excluding carboxylic acids is 1. The first-order chi connectivity index (χ1) is 7.68. The third-order valence-electron chi connectivity index (χ3n) is 2.64. The maximum atomic E-state index is 11.9. The number of carboxylic acid groups (broad SMARTS) is 1. The van der Waals surface area contributed by atoms with E-state index in [0.717, 1.165) is 18.0 Å². The second-order valence-corrected chi connectivity index (χ2v) is 4.33. The molecule has 0 aliphatic carbocycles. The number of nitrogens with zero attached hydrogens (tertiary/aromatic N) is 3. The SMILES string of the molecule is O=C(O)C1CCCN(C(=O)c2csnn2)C1. The lowest BCUT2D eigenvalue weighted by Crippen LogP contribution is -2.42. The fourth-order valence-corrected chi connectivity index (χ4v) is 2.21. The molecule has 1 N–H and O–H groups in total. The molecule has 2 rings (SSSR count). The molecule has 16 heavy (non-hydrogen) atoms. The van der Waals surface area contributed by atoms with Gasteiger partial charge in [-0.15, -0.1) is 5.10 Å². The lowest BCUT2D eigenvalue weighted by atomic mass is 9.98. The highest BCUT2D eigenvalue weighted by molar-refractivity contribution is 7.03. The number of amides is 1. The van der Waals surface area contributed by atoms with E-state index in [2.05, 4.69) is 9.59 Å². The molecule has 7 heteroatoms. The van der Waals surface area contributed by atoms with Gasteiger partial charge in [-0.1, -0.05) is 4.49 Å². The third kappa shape index (κ3) is 2.19. The first kappa shape index (κ1) is 11.0. The Balaban J connectivity index is 2.05. The summed E-state index contributed by atoms with van der Waals surface area (Å²) in [4.78, 5) is 24.3. The molecular formula is C9H11N3O3S. The molecule has 1 aliphatic heterocycles. The first-order valence-electron chi connectivity index (χ1n) is 4.97. The highest BCUT2D eigenvalue weighted by Crippen LogP contribution is 2.18. The smallest absolute Gasteiger partial charge is 0.308 e. The van der Waals surface area contributed by atoms with E-state index < -0.39 is 11.9 Å². The summed E-state index contributed by atoms with van der Waals surface area (Å²) in [5, 5.41) is 14.2. The Morgan fingerprint density at radius 3 is 3.00 bits per heavy atom. The van der Waals surface area contributed by atoms with Crippen LogP contribution in [0.5, 0.6) is 0 Å². The average molecular weight is 241 g/mol. The largest absolute Gasteiger partial charge is 0.481 e. The van der Waals surface area contributed by atoms with E-state index >= 15 is 0 Å². The molecular weight excluding hydrogens is 230 g/mol. The number of rotatable bonds is 2. The van der Waals surface area contributed by atoms with Crippen molar-refractivity contribution < 1.29 is 14.7 Å². The molecule has 1 aliphatic rings. The minimum Gasteiger partial charge on any atom is -0.481 e. The van der Waals surface area contributed by atoms with Crippen molar-refractivity contribution in [1.82, 2.24) is 14.5 Å². The van der Waals surface area contributed by atoms with Gasteiger partial charge in [0.2, 0.25) is 0 Å². The Hall–Kier alpha value is -1.50. The Labute approximate surface area is 96.0 Å². The van der Waals surface area contributed by atoms with Gasteiger partial charge in [-0.25, -0.2) is 0 Å². The van der Waals surface area contributed by atoms with Gasteiger partial charge in [0.1, 0.15) is 0 Å². The fourth-order valence-electron chi connectivity index (χ4n) is 1.78. The number of carbonyl (C=O) groups is 2. The number of piperidine rings is 1. The number of aromatic nitrogens is 2. The lowest BCUT2D eigenvalue weighted by Gasteiger charge is -2.29. The highest BCUT2D eigenvalue weighted by Gasteiger charge is 2.29. The summed E-state index contributed by atoms with van der Waals surface area (Å²) in [6.45, 7) is 0.867. The molecule has 0 spiro atoms. The van der Waals surface area contributed by atoms with Crippen LogP contribution >= 0.6 is 11.5 Å². The zero-order valence-electron chi connectivity index (χ0n) is 8.50. The summed E-state index contributed by atoms with van der Waals surface area (Å²) in [7, 11) is 0. The van der Waals surface area contributed by atoms with Gasteiger partial charge in [-0.2, -0.15) is 0 Å². The zero-order chi connectivity index (χ0) is 11.5. The summed E-state index contributed by atoms with van der Waals surface area (Å²) >= 11 is 1.11. The Morgan fingerprint density at radius 2 is 2.38 bits per heavy atom. The molecule has 0 radical (unpaired) electrons. The van der Waals surface area contributed by atoms with Gasteiger partial charge in [0.25, 0.3) is 5.91 Å². The maximum absolute atomic E-state index is 11.9. The predicted molar refractivity (Wildman–Crippen MR) is 56.2 cm³/mol. The van der Waals surface area contributed by atoms with E-state index in [-0.39, 0.29) is 12.5 Å². The fraction of sp³-hybridized carbons (Fsp3) is 0.556. The molecule has 1 atom stereocenters. The molecule has 0 bridgehead atoms. The quantitative estimate of drug-likeness (QED) is 0.814. The molecule has 6 nitrogen and oxygen atoms in total. The van der Waals surface area contributed by atoms with Gasteiger partial charge >= 0.3 is 5.97 Å².